The maximum absolute atomic E-state index is 12.5. The molecule has 0 spiro atoms. The molecule has 1 heterocycles. The Balaban J connectivity index is 1.71. The molecule has 1 aromatic rings. The molecule has 0 atom stereocenters. The summed E-state index contributed by atoms with van der Waals surface area (Å²) in [5, 5.41) is 3.17. The number of hydrogen-bond acceptors (Lipinski definition) is 3. The molecule has 1 aliphatic heterocycles. The number of carbonyl (C=O) groups excluding carboxylic acids is 1. The standard InChI is InChI=1S/C18H23NO3/c1-21-16-8-9-17-13(11-16)10-14(12-22-17)18(20)19-15-6-4-2-3-5-7-15/h8-11,15H,2-7,12H2,1H3,(H,19,20). The van der Waals surface area contributed by atoms with Crippen molar-refractivity contribution >= 4 is 12.0 Å². The topological polar surface area (TPSA) is 47.6 Å². The van der Waals surface area contributed by atoms with E-state index < -0.39 is 0 Å². The van der Waals surface area contributed by atoms with Gasteiger partial charge in [0.05, 0.1) is 12.7 Å². The second-order valence-corrected chi connectivity index (χ2v) is 6.02. The van der Waals surface area contributed by atoms with Crippen molar-refractivity contribution in [1.82, 2.24) is 5.32 Å². The third-order valence-electron chi connectivity index (χ3n) is 4.41. The summed E-state index contributed by atoms with van der Waals surface area (Å²) in [6, 6.07) is 5.95. The van der Waals surface area contributed by atoms with Crippen LogP contribution >= 0.6 is 0 Å². The van der Waals surface area contributed by atoms with Gasteiger partial charge in [0.2, 0.25) is 0 Å². The van der Waals surface area contributed by atoms with Crippen LogP contribution in [0.15, 0.2) is 23.8 Å². The lowest BCUT2D eigenvalue weighted by Gasteiger charge is -2.21. The molecule has 0 radical (unpaired) electrons. The number of fused-ring (bicyclic) bond motifs is 1. The number of methoxy groups -OCH3 is 1. The van der Waals surface area contributed by atoms with Crippen molar-refractivity contribution in [2.24, 2.45) is 0 Å². The van der Waals surface area contributed by atoms with E-state index in [1.807, 2.05) is 24.3 Å². The zero-order chi connectivity index (χ0) is 15.4. The molecule has 3 rings (SSSR count). The Kier molecular flexibility index (Phi) is 4.66. The first kappa shape index (κ1) is 14.9. The van der Waals surface area contributed by atoms with Crippen molar-refractivity contribution in [3.05, 3.63) is 29.3 Å². The quantitative estimate of drug-likeness (QED) is 0.871. The Hall–Kier alpha value is -1.97. The summed E-state index contributed by atoms with van der Waals surface area (Å²) in [6.45, 7) is 0.331. The molecule has 0 bridgehead atoms. The number of nitrogens with one attached hydrogen (secondary N) is 1. The normalized spacial score (nSPS) is 18.5. The molecular formula is C18H23NO3. The van der Waals surface area contributed by atoms with Gasteiger partial charge in [0.15, 0.2) is 0 Å². The summed E-state index contributed by atoms with van der Waals surface area (Å²) in [5.41, 5.74) is 1.58. The highest BCUT2D eigenvalue weighted by molar-refractivity contribution is 5.99. The summed E-state index contributed by atoms with van der Waals surface area (Å²) in [5.74, 6) is 1.57. The van der Waals surface area contributed by atoms with Crippen LogP contribution < -0.4 is 14.8 Å². The van der Waals surface area contributed by atoms with Crippen molar-refractivity contribution < 1.29 is 14.3 Å². The molecule has 0 saturated heterocycles. The number of ether oxygens (including phenoxy) is 2. The van der Waals surface area contributed by atoms with Gasteiger partial charge in [-0.1, -0.05) is 25.7 Å². The van der Waals surface area contributed by atoms with Crippen molar-refractivity contribution in [2.75, 3.05) is 13.7 Å². The van der Waals surface area contributed by atoms with E-state index in [-0.39, 0.29) is 5.91 Å². The van der Waals surface area contributed by atoms with Crippen LogP contribution in [0.4, 0.5) is 0 Å². The fraction of sp³-hybridized carbons (Fsp3) is 0.500. The van der Waals surface area contributed by atoms with Gasteiger partial charge in [-0.15, -0.1) is 0 Å². The van der Waals surface area contributed by atoms with Gasteiger partial charge < -0.3 is 14.8 Å². The third-order valence-corrected chi connectivity index (χ3v) is 4.41. The Labute approximate surface area is 131 Å². The Morgan fingerprint density at radius 2 is 2.00 bits per heavy atom. The predicted molar refractivity (Wildman–Crippen MR) is 86.1 cm³/mol. The monoisotopic (exact) mass is 301 g/mol. The van der Waals surface area contributed by atoms with E-state index in [1.165, 1.54) is 25.7 Å². The number of amides is 1. The second-order valence-electron chi connectivity index (χ2n) is 6.02. The van der Waals surface area contributed by atoms with Crippen LogP contribution in [-0.2, 0) is 4.79 Å². The summed E-state index contributed by atoms with van der Waals surface area (Å²) < 4.78 is 10.9. The van der Waals surface area contributed by atoms with E-state index in [9.17, 15) is 4.79 Å². The van der Waals surface area contributed by atoms with Gasteiger partial charge >= 0.3 is 0 Å². The molecule has 4 nitrogen and oxygen atoms in total. The SMILES string of the molecule is COc1ccc2c(c1)C=C(C(=O)NC1CCCCCC1)CO2. The molecular weight excluding hydrogens is 278 g/mol. The Morgan fingerprint density at radius 3 is 2.73 bits per heavy atom. The predicted octanol–water partition coefficient (Wildman–Crippen LogP) is 3.31. The van der Waals surface area contributed by atoms with E-state index in [0.717, 1.165) is 29.9 Å². The van der Waals surface area contributed by atoms with Crippen LogP contribution in [0.1, 0.15) is 44.1 Å². The Bertz CT molecular complexity index is 572. The average molecular weight is 301 g/mol. The van der Waals surface area contributed by atoms with E-state index >= 15 is 0 Å². The van der Waals surface area contributed by atoms with Crippen LogP contribution in [0.5, 0.6) is 11.5 Å². The minimum Gasteiger partial charge on any atom is -0.497 e. The maximum Gasteiger partial charge on any atom is 0.250 e. The highest BCUT2D eigenvalue weighted by Gasteiger charge is 2.21. The van der Waals surface area contributed by atoms with Gasteiger partial charge in [-0.2, -0.15) is 0 Å². The maximum atomic E-state index is 12.5. The lowest BCUT2D eigenvalue weighted by molar-refractivity contribution is -0.118. The fourth-order valence-electron chi connectivity index (χ4n) is 3.12. The first-order valence-corrected chi connectivity index (χ1v) is 8.08. The smallest absolute Gasteiger partial charge is 0.250 e. The summed E-state index contributed by atoms with van der Waals surface area (Å²) in [4.78, 5) is 12.5. The molecule has 0 unspecified atom stereocenters. The minimum atomic E-state index is 0.000342. The molecule has 118 valence electrons. The van der Waals surface area contributed by atoms with Crippen molar-refractivity contribution in [2.45, 2.75) is 44.6 Å². The lowest BCUT2D eigenvalue weighted by Crippen LogP contribution is -2.37. The zero-order valence-corrected chi connectivity index (χ0v) is 13.1. The Morgan fingerprint density at radius 1 is 1.23 bits per heavy atom. The summed E-state index contributed by atoms with van der Waals surface area (Å²) in [6.07, 6.45) is 9.07. The average Bonchev–Trinajstić information content (AvgIpc) is 2.82. The number of carbonyl (C=O) groups is 1. The molecule has 1 aliphatic carbocycles. The van der Waals surface area contributed by atoms with E-state index in [0.29, 0.717) is 18.2 Å². The van der Waals surface area contributed by atoms with Crippen molar-refractivity contribution in [3.63, 3.8) is 0 Å². The van der Waals surface area contributed by atoms with Crippen LogP contribution in [0.25, 0.3) is 6.08 Å². The van der Waals surface area contributed by atoms with Gasteiger partial charge in [0.1, 0.15) is 18.1 Å². The molecule has 1 fully saturated rings. The van der Waals surface area contributed by atoms with Crippen LogP contribution in [-0.4, -0.2) is 25.7 Å². The molecule has 1 amide bonds. The van der Waals surface area contributed by atoms with Gasteiger partial charge in [-0.05, 0) is 37.1 Å². The first-order valence-electron chi connectivity index (χ1n) is 8.08. The first-order chi connectivity index (χ1) is 10.8. The van der Waals surface area contributed by atoms with Gasteiger partial charge in [-0.25, -0.2) is 0 Å². The molecule has 0 aromatic heterocycles. The summed E-state index contributed by atoms with van der Waals surface area (Å²) in [7, 11) is 1.63. The highest BCUT2D eigenvalue weighted by Crippen LogP contribution is 2.30. The molecule has 22 heavy (non-hydrogen) atoms. The van der Waals surface area contributed by atoms with Crippen LogP contribution in [0.2, 0.25) is 0 Å². The highest BCUT2D eigenvalue weighted by atomic mass is 16.5. The lowest BCUT2D eigenvalue weighted by atomic mass is 10.0. The molecule has 1 saturated carbocycles. The number of rotatable bonds is 3. The zero-order valence-electron chi connectivity index (χ0n) is 13.1. The van der Waals surface area contributed by atoms with E-state index in [4.69, 9.17) is 9.47 Å². The minimum absolute atomic E-state index is 0.000342. The van der Waals surface area contributed by atoms with Gasteiger partial charge in [0, 0.05) is 11.6 Å². The van der Waals surface area contributed by atoms with Gasteiger partial charge in [0.25, 0.3) is 5.91 Å². The van der Waals surface area contributed by atoms with Crippen molar-refractivity contribution in [1.29, 1.82) is 0 Å². The van der Waals surface area contributed by atoms with E-state index in [2.05, 4.69) is 5.32 Å². The molecule has 4 heteroatoms. The van der Waals surface area contributed by atoms with E-state index in [1.54, 1.807) is 7.11 Å². The second kappa shape index (κ2) is 6.86. The number of benzene rings is 1. The molecule has 1 N–H and O–H groups in total. The largest absolute Gasteiger partial charge is 0.497 e. The molecule has 2 aliphatic rings. The third kappa shape index (κ3) is 3.43. The van der Waals surface area contributed by atoms with Crippen LogP contribution in [0.3, 0.4) is 0 Å². The van der Waals surface area contributed by atoms with Crippen molar-refractivity contribution in [3.8, 4) is 11.5 Å². The fourth-order valence-corrected chi connectivity index (χ4v) is 3.12. The molecule has 1 aromatic carbocycles. The summed E-state index contributed by atoms with van der Waals surface area (Å²) >= 11 is 0. The van der Waals surface area contributed by atoms with Gasteiger partial charge in [-0.3, -0.25) is 4.79 Å². The number of hydrogen-bond donors (Lipinski definition) is 1. The van der Waals surface area contributed by atoms with Crippen LogP contribution in [0, 0.1) is 0 Å².